The number of ether oxygens (including phenoxy) is 1. The lowest BCUT2D eigenvalue weighted by Gasteiger charge is -2.22. The van der Waals surface area contributed by atoms with Gasteiger partial charge >= 0.3 is 6.36 Å². The molecule has 1 atom stereocenters. The summed E-state index contributed by atoms with van der Waals surface area (Å²) in [6.45, 7) is 0.859. The van der Waals surface area contributed by atoms with Crippen LogP contribution < -0.4 is 15.4 Å². The van der Waals surface area contributed by atoms with Crippen LogP contribution in [0.2, 0.25) is 0 Å². The molecule has 2 N–H and O–H groups in total. The van der Waals surface area contributed by atoms with E-state index in [1.54, 1.807) is 11.8 Å². The number of thioether (sulfide) groups is 1. The molecule has 22 heavy (non-hydrogen) atoms. The van der Waals surface area contributed by atoms with Crippen molar-refractivity contribution in [2.24, 2.45) is 0 Å². The fraction of sp³-hybridized carbons (Fsp3) is 0.462. The van der Waals surface area contributed by atoms with Crippen LogP contribution in [-0.2, 0) is 4.79 Å². The lowest BCUT2D eigenvalue weighted by molar-refractivity contribution is -0.274. The predicted molar refractivity (Wildman–Crippen MR) is 82.7 cm³/mol. The summed E-state index contributed by atoms with van der Waals surface area (Å²) in [4.78, 5) is 11.9. The van der Waals surface area contributed by atoms with Crippen LogP contribution >= 0.6 is 24.2 Å². The number of benzene rings is 1. The smallest absolute Gasteiger partial charge is 0.406 e. The van der Waals surface area contributed by atoms with Gasteiger partial charge in [-0.1, -0.05) is 6.07 Å². The highest BCUT2D eigenvalue weighted by molar-refractivity contribution is 7.99. The summed E-state index contributed by atoms with van der Waals surface area (Å²) in [5, 5.41) is 5.80. The Morgan fingerprint density at radius 2 is 2.23 bits per heavy atom. The van der Waals surface area contributed by atoms with Crippen molar-refractivity contribution in [1.29, 1.82) is 0 Å². The zero-order chi connectivity index (χ0) is 15.3. The zero-order valence-corrected chi connectivity index (χ0v) is 13.1. The summed E-state index contributed by atoms with van der Waals surface area (Å²) in [7, 11) is 0. The van der Waals surface area contributed by atoms with Gasteiger partial charge in [0.05, 0.1) is 0 Å². The average Bonchev–Trinajstić information content (AvgIpc) is 2.38. The number of amides is 1. The van der Waals surface area contributed by atoms with Crippen LogP contribution in [0.1, 0.15) is 6.42 Å². The molecular weight excluding hydrogens is 341 g/mol. The molecule has 9 heteroatoms. The quantitative estimate of drug-likeness (QED) is 0.870. The van der Waals surface area contributed by atoms with Crippen molar-refractivity contribution in [3.8, 4) is 5.75 Å². The number of alkyl halides is 3. The van der Waals surface area contributed by atoms with Crippen molar-refractivity contribution in [1.82, 2.24) is 5.32 Å². The first kappa shape index (κ1) is 18.9. The highest BCUT2D eigenvalue weighted by atomic mass is 35.5. The number of anilines is 1. The van der Waals surface area contributed by atoms with E-state index in [1.807, 2.05) is 0 Å². The number of nitrogens with one attached hydrogen (secondary N) is 2. The highest BCUT2D eigenvalue weighted by Gasteiger charge is 2.31. The molecule has 2 rings (SSSR count). The van der Waals surface area contributed by atoms with Gasteiger partial charge in [0, 0.05) is 42.3 Å². The minimum atomic E-state index is -4.74. The second-order valence-corrected chi connectivity index (χ2v) is 5.70. The molecule has 0 aromatic heterocycles. The fourth-order valence-electron chi connectivity index (χ4n) is 1.96. The SMILES string of the molecule is Cl.O=C(CC1CSCCN1)Nc1cccc(OC(F)(F)F)c1. The number of carbonyl (C=O) groups excluding carboxylic acids is 1. The maximum Gasteiger partial charge on any atom is 0.573 e. The van der Waals surface area contributed by atoms with E-state index in [0.29, 0.717) is 0 Å². The minimum Gasteiger partial charge on any atom is -0.406 e. The Balaban J connectivity index is 0.00000242. The van der Waals surface area contributed by atoms with Crippen LogP contribution in [0.15, 0.2) is 24.3 Å². The van der Waals surface area contributed by atoms with Crippen LogP contribution in [-0.4, -0.2) is 36.4 Å². The minimum absolute atomic E-state index is 0. The molecule has 0 aliphatic carbocycles. The Hall–Kier alpha value is -1.12. The van der Waals surface area contributed by atoms with Gasteiger partial charge in [0.2, 0.25) is 5.91 Å². The monoisotopic (exact) mass is 356 g/mol. The number of rotatable bonds is 4. The summed E-state index contributed by atoms with van der Waals surface area (Å²) in [6.07, 6.45) is -4.46. The van der Waals surface area contributed by atoms with Crippen molar-refractivity contribution in [2.75, 3.05) is 23.4 Å². The standard InChI is InChI=1S/C13H15F3N2O2S.ClH/c14-13(15,16)20-11-3-1-2-9(6-11)18-12(19)7-10-8-21-5-4-17-10;/h1-3,6,10,17H,4-5,7-8H2,(H,18,19);1H. The number of hydrogen-bond donors (Lipinski definition) is 2. The molecule has 4 nitrogen and oxygen atoms in total. The largest absolute Gasteiger partial charge is 0.573 e. The van der Waals surface area contributed by atoms with Crippen molar-refractivity contribution in [2.45, 2.75) is 18.8 Å². The van der Waals surface area contributed by atoms with E-state index in [2.05, 4.69) is 15.4 Å². The van der Waals surface area contributed by atoms with Crippen LogP contribution in [0.5, 0.6) is 5.75 Å². The Bertz CT molecular complexity index is 496. The molecule has 1 unspecified atom stereocenters. The van der Waals surface area contributed by atoms with Gasteiger partial charge in [-0.25, -0.2) is 0 Å². The van der Waals surface area contributed by atoms with Crippen molar-refractivity contribution in [3.63, 3.8) is 0 Å². The van der Waals surface area contributed by atoms with Crippen LogP contribution in [0.25, 0.3) is 0 Å². The third-order valence-electron chi connectivity index (χ3n) is 2.78. The molecule has 1 fully saturated rings. The van der Waals surface area contributed by atoms with Crippen LogP contribution in [0.3, 0.4) is 0 Å². The molecule has 0 bridgehead atoms. The van der Waals surface area contributed by atoms with Gasteiger partial charge in [-0.15, -0.1) is 25.6 Å². The molecule has 1 amide bonds. The summed E-state index contributed by atoms with van der Waals surface area (Å²) < 4.78 is 40.2. The van der Waals surface area contributed by atoms with Gasteiger partial charge in [0.15, 0.2) is 0 Å². The molecule has 0 radical (unpaired) electrons. The first-order chi connectivity index (χ1) is 9.92. The fourth-order valence-corrected chi connectivity index (χ4v) is 2.91. The van der Waals surface area contributed by atoms with Gasteiger partial charge in [-0.3, -0.25) is 4.79 Å². The zero-order valence-electron chi connectivity index (χ0n) is 11.5. The second-order valence-electron chi connectivity index (χ2n) is 4.55. The van der Waals surface area contributed by atoms with Crippen molar-refractivity contribution < 1.29 is 22.7 Å². The van der Waals surface area contributed by atoms with E-state index in [-0.39, 0.29) is 42.2 Å². The number of halogens is 4. The Kier molecular flexibility index (Phi) is 7.31. The van der Waals surface area contributed by atoms with E-state index in [9.17, 15) is 18.0 Å². The maximum atomic E-state index is 12.1. The molecule has 124 valence electrons. The molecule has 0 saturated carbocycles. The average molecular weight is 357 g/mol. The Morgan fingerprint density at radius 3 is 2.86 bits per heavy atom. The van der Waals surface area contributed by atoms with Gasteiger partial charge in [0.1, 0.15) is 5.75 Å². The summed E-state index contributed by atoms with van der Waals surface area (Å²) in [5.74, 6) is 1.28. The molecule has 1 heterocycles. The van der Waals surface area contributed by atoms with E-state index in [1.165, 1.54) is 18.2 Å². The highest BCUT2D eigenvalue weighted by Crippen LogP contribution is 2.25. The van der Waals surface area contributed by atoms with Gasteiger partial charge < -0.3 is 15.4 Å². The topological polar surface area (TPSA) is 50.4 Å². The Labute approximate surface area is 136 Å². The van der Waals surface area contributed by atoms with Crippen LogP contribution in [0.4, 0.5) is 18.9 Å². The molecule has 1 aliphatic heterocycles. The second kappa shape index (κ2) is 8.50. The molecular formula is C13H16ClF3N2O2S. The lowest BCUT2D eigenvalue weighted by Crippen LogP contribution is -2.39. The predicted octanol–water partition coefficient (Wildman–Crippen LogP) is 3.04. The summed E-state index contributed by atoms with van der Waals surface area (Å²) >= 11 is 1.77. The molecule has 1 aromatic rings. The van der Waals surface area contributed by atoms with Gasteiger partial charge in [0.25, 0.3) is 0 Å². The van der Waals surface area contributed by atoms with E-state index < -0.39 is 6.36 Å². The molecule has 0 spiro atoms. The third kappa shape index (κ3) is 6.76. The first-order valence-corrected chi connectivity index (χ1v) is 7.55. The van der Waals surface area contributed by atoms with Crippen molar-refractivity contribution >= 4 is 35.8 Å². The number of hydrogen-bond acceptors (Lipinski definition) is 4. The lowest BCUT2D eigenvalue weighted by atomic mass is 10.2. The van der Waals surface area contributed by atoms with E-state index >= 15 is 0 Å². The van der Waals surface area contributed by atoms with Crippen molar-refractivity contribution in [3.05, 3.63) is 24.3 Å². The van der Waals surface area contributed by atoms with E-state index in [0.717, 1.165) is 24.1 Å². The number of carbonyl (C=O) groups is 1. The molecule has 1 aromatic carbocycles. The van der Waals surface area contributed by atoms with Gasteiger partial charge in [-0.05, 0) is 12.1 Å². The Morgan fingerprint density at radius 1 is 1.45 bits per heavy atom. The third-order valence-corrected chi connectivity index (χ3v) is 3.91. The molecule has 1 saturated heterocycles. The molecule has 1 aliphatic rings. The van der Waals surface area contributed by atoms with Crippen LogP contribution in [0, 0.1) is 0 Å². The van der Waals surface area contributed by atoms with Gasteiger partial charge in [-0.2, -0.15) is 11.8 Å². The summed E-state index contributed by atoms with van der Waals surface area (Å²) in [5.41, 5.74) is 0.283. The summed E-state index contributed by atoms with van der Waals surface area (Å²) in [6, 6.07) is 5.34. The first-order valence-electron chi connectivity index (χ1n) is 6.39. The van der Waals surface area contributed by atoms with E-state index in [4.69, 9.17) is 0 Å². The maximum absolute atomic E-state index is 12.1. The normalized spacial score (nSPS) is 18.2.